The summed E-state index contributed by atoms with van der Waals surface area (Å²) in [5, 5.41) is 0.495. The predicted molar refractivity (Wildman–Crippen MR) is 60.2 cm³/mol. The number of fused-ring (bicyclic) bond motifs is 3. The first kappa shape index (κ1) is 8.68. The monoisotopic (exact) mass is 217 g/mol. The van der Waals surface area contributed by atoms with E-state index in [1.165, 1.54) is 0 Å². The average Bonchev–Trinajstić information content (AvgIpc) is 2.62. The molecule has 2 aromatic heterocycles. The lowest BCUT2D eigenvalue weighted by Gasteiger charge is -2.04. The van der Waals surface area contributed by atoms with Crippen LogP contribution in [0.1, 0.15) is 5.82 Å². The molecule has 0 amide bonds. The topological polar surface area (TPSA) is 30.2 Å². The molecular weight excluding hydrogens is 210 g/mol. The van der Waals surface area contributed by atoms with Crippen LogP contribution in [0.2, 0.25) is 5.15 Å². The van der Waals surface area contributed by atoms with Gasteiger partial charge in [-0.1, -0.05) is 23.7 Å². The van der Waals surface area contributed by atoms with Crippen molar-refractivity contribution in [1.29, 1.82) is 0 Å². The second kappa shape index (κ2) is 2.94. The highest BCUT2D eigenvalue weighted by atomic mass is 35.5. The van der Waals surface area contributed by atoms with Crippen molar-refractivity contribution in [2.45, 2.75) is 6.92 Å². The van der Waals surface area contributed by atoms with E-state index >= 15 is 0 Å². The number of aryl methyl sites for hydroxylation is 1. The number of imidazole rings is 1. The third-order valence-corrected chi connectivity index (χ3v) is 2.77. The molecule has 15 heavy (non-hydrogen) atoms. The molecule has 0 aliphatic carbocycles. The van der Waals surface area contributed by atoms with E-state index in [9.17, 15) is 0 Å². The van der Waals surface area contributed by atoms with Crippen molar-refractivity contribution in [2.75, 3.05) is 0 Å². The summed E-state index contributed by atoms with van der Waals surface area (Å²) in [6, 6.07) is 7.89. The smallest absolute Gasteiger partial charge is 0.155 e. The zero-order valence-corrected chi connectivity index (χ0v) is 8.86. The van der Waals surface area contributed by atoms with Gasteiger partial charge in [0.2, 0.25) is 0 Å². The molecule has 4 heteroatoms. The first-order valence-corrected chi connectivity index (χ1v) is 5.03. The molecule has 74 valence electrons. The SMILES string of the molecule is Cc1ncc2c(Cl)nc3ccccc3n12. The molecule has 0 atom stereocenters. The molecule has 0 unspecified atom stereocenters. The number of para-hydroxylation sites is 2. The van der Waals surface area contributed by atoms with Crippen molar-refractivity contribution in [3.63, 3.8) is 0 Å². The van der Waals surface area contributed by atoms with Crippen molar-refractivity contribution in [2.24, 2.45) is 0 Å². The van der Waals surface area contributed by atoms with Gasteiger partial charge in [0.25, 0.3) is 0 Å². The molecule has 0 fully saturated rings. The van der Waals surface area contributed by atoms with Gasteiger partial charge in [-0.15, -0.1) is 0 Å². The van der Waals surface area contributed by atoms with Gasteiger partial charge in [-0.3, -0.25) is 4.40 Å². The van der Waals surface area contributed by atoms with Crippen LogP contribution in [0, 0.1) is 6.92 Å². The number of hydrogen-bond acceptors (Lipinski definition) is 2. The summed E-state index contributed by atoms with van der Waals surface area (Å²) in [7, 11) is 0. The molecule has 0 aliphatic heterocycles. The molecular formula is C11H8ClN3. The fraction of sp³-hybridized carbons (Fsp3) is 0.0909. The first-order chi connectivity index (χ1) is 7.27. The van der Waals surface area contributed by atoms with Gasteiger partial charge in [-0.25, -0.2) is 9.97 Å². The number of hydrogen-bond donors (Lipinski definition) is 0. The Labute approximate surface area is 91.3 Å². The minimum absolute atomic E-state index is 0.495. The normalized spacial score (nSPS) is 11.3. The van der Waals surface area contributed by atoms with E-state index in [-0.39, 0.29) is 0 Å². The van der Waals surface area contributed by atoms with E-state index in [1.54, 1.807) is 6.20 Å². The maximum atomic E-state index is 6.08. The highest BCUT2D eigenvalue weighted by molar-refractivity contribution is 6.33. The quantitative estimate of drug-likeness (QED) is 0.580. The minimum atomic E-state index is 0.495. The molecule has 2 heterocycles. The maximum absolute atomic E-state index is 6.08. The molecule has 3 rings (SSSR count). The minimum Gasteiger partial charge on any atom is -0.292 e. The Morgan fingerprint density at radius 1 is 1.20 bits per heavy atom. The van der Waals surface area contributed by atoms with Crippen LogP contribution in [0.3, 0.4) is 0 Å². The molecule has 0 bridgehead atoms. The van der Waals surface area contributed by atoms with Crippen LogP contribution in [0.25, 0.3) is 16.6 Å². The molecule has 0 spiro atoms. The van der Waals surface area contributed by atoms with E-state index in [1.807, 2.05) is 35.6 Å². The lowest BCUT2D eigenvalue weighted by molar-refractivity contribution is 1.07. The predicted octanol–water partition coefficient (Wildman–Crippen LogP) is 2.84. The lowest BCUT2D eigenvalue weighted by Crippen LogP contribution is -1.93. The number of aromatic nitrogens is 3. The van der Waals surface area contributed by atoms with Crippen LogP contribution >= 0.6 is 11.6 Å². The van der Waals surface area contributed by atoms with Crippen molar-refractivity contribution in [3.05, 3.63) is 41.4 Å². The fourth-order valence-electron chi connectivity index (χ4n) is 1.80. The van der Waals surface area contributed by atoms with E-state index < -0.39 is 0 Å². The average molecular weight is 218 g/mol. The number of benzene rings is 1. The highest BCUT2D eigenvalue weighted by Crippen LogP contribution is 2.22. The van der Waals surface area contributed by atoms with E-state index in [2.05, 4.69) is 9.97 Å². The van der Waals surface area contributed by atoms with Gasteiger partial charge in [0.15, 0.2) is 5.15 Å². The molecule has 0 radical (unpaired) electrons. The zero-order valence-electron chi connectivity index (χ0n) is 8.11. The summed E-state index contributed by atoms with van der Waals surface area (Å²) in [4.78, 5) is 8.57. The Balaban J connectivity index is 2.67. The second-order valence-corrected chi connectivity index (χ2v) is 3.78. The van der Waals surface area contributed by atoms with E-state index in [0.29, 0.717) is 5.15 Å². The van der Waals surface area contributed by atoms with Crippen LogP contribution in [0.5, 0.6) is 0 Å². The van der Waals surface area contributed by atoms with Crippen LogP contribution in [0.4, 0.5) is 0 Å². The fourth-order valence-corrected chi connectivity index (χ4v) is 2.03. The summed E-state index contributed by atoms with van der Waals surface area (Å²) in [6.45, 7) is 1.95. The summed E-state index contributed by atoms with van der Waals surface area (Å²) < 4.78 is 2.02. The highest BCUT2D eigenvalue weighted by Gasteiger charge is 2.08. The molecule has 1 aromatic carbocycles. The Morgan fingerprint density at radius 2 is 2.00 bits per heavy atom. The van der Waals surface area contributed by atoms with Gasteiger partial charge in [0, 0.05) is 0 Å². The van der Waals surface area contributed by atoms with Crippen LogP contribution in [0.15, 0.2) is 30.5 Å². The Bertz CT molecular complexity index is 657. The van der Waals surface area contributed by atoms with Gasteiger partial charge in [0.05, 0.1) is 17.2 Å². The summed E-state index contributed by atoms with van der Waals surface area (Å²) >= 11 is 6.08. The van der Waals surface area contributed by atoms with Gasteiger partial charge >= 0.3 is 0 Å². The van der Waals surface area contributed by atoms with Crippen LogP contribution in [-0.2, 0) is 0 Å². The largest absolute Gasteiger partial charge is 0.292 e. The summed E-state index contributed by atoms with van der Waals surface area (Å²) in [5.41, 5.74) is 2.77. The Hall–Kier alpha value is -1.61. The Kier molecular flexibility index (Phi) is 1.70. The van der Waals surface area contributed by atoms with E-state index in [0.717, 1.165) is 22.4 Å². The van der Waals surface area contributed by atoms with Crippen molar-refractivity contribution < 1.29 is 0 Å². The third kappa shape index (κ3) is 1.13. The van der Waals surface area contributed by atoms with Gasteiger partial charge in [-0.05, 0) is 19.1 Å². The molecule has 0 saturated carbocycles. The summed E-state index contributed by atoms with van der Waals surface area (Å²) in [5.74, 6) is 0.922. The second-order valence-electron chi connectivity index (χ2n) is 3.42. The van der Waals surface area contributed by atoms with Crippen molar-refractivity contribution in [1.82, 2.24) is 14.4 Å². The van der Waals surface area contributed by atoms with Crippen LogP contribution in [-0.4, -0.2) is 14.4 Å². The van der Waals surface area contributed by atoms with Crippen molar-refractivity contribution >= 4 is 28.2 Å². The van der Waals surface area contributed by atoms with Gasteiger partial charge < -0.3 is 0 Å². The third-order valence-electron chi connectivity index (χ3n) is 2.49. The lowest BCUT2D eigenvalue weighted by atomic mass is 10.3. The molecule has 0 saturated heterocycles. The van der Waals surface area contributed by atoms with Gasteiger partial charge in [-0.2, -0.15) is 0 Å². The number of halogens is 1. The molecule has 3 nitrogen and oxygen atoms in total. The van der Waals surface area contributed by atoms with E-state index in [4.69, 9.17) is 11.6 Å². The number of rotatable bonds is 0. The Morgan fingerprint density at radius 3 is 2.87 bits per heavy atom. The number of nitrogens with zero attached hydrogens (tertiary/aromatic N) is 3. The van der Waals surface area contributed by atoms with Gasteiger partial charge in [0.1, 0.15) is 11.3 Å². The maximum Gasteiger partial charge on any atom is 0.155 e. The molecule has 3 aromatic rings. The molecule has 0 aliphatic rings. The molecule has 0 N–H and O–H groups in total. The standard InChI is InChI=1S/C11H8ClN3/c1-7-13-6-10-11(12)14-8-4-2-3-5-9(8)15(7)10/h2-6H,1H3. The first-order valence-electron chi connectivity index (χ1n) is 4.65. The van der Waals surface area contributed by atoms with Crippen LogP contribution < -0.4 is 0 Å². The summed E-state index contributed by atoms with van der Waals surface area (Å²) in [6.07, 6.45) is 1.75. The zero-order chi connectivity index (χ0) is 10.4. The van der Waals surface area contributed by atoms with Crippen molar-refractivity contribution in [3.8, 4) is 0 Å².